The summed E-state index contributed by atoms with van der Waals surface area (Å²) in [5, 5.41) is 6.99. The van der Waals surface area contributed by atoms with Crippen LogP contribution in [-0.2, 0) is 0 Å². The molecule has 2 atom stereocenters. The van der Waals surface area contributed by atoms with Crippen LogP contribution in [0.2, 0.25) is 5.02 Å². The third-order valence-corrected chi connectivity index (χ3v) is 3.87. The summed E-state index contributed by atoms with van der Waals surface area (Å²) in [5.41, 5.74) is 1.00. The molecule has 0 amide bonds. The van der Waals surface area contributed by atoms with Crippen LogP contribution in [0.4, 0.5) is 4.39 Å². The molecular weight excluding hydrogens is 241 g/mol. The zero-order chi connectivity index (χ0) is 11.8. The van der Waals surface area contributed by atoms with Crippen molar-refractivity contribution in [2.24, 2.45) is 0 Å². The Hall–Kier alpha value is -0.680. The van der Waals surface area contributed by atoms with Crippen LogP contribution in [0.5, 0.6) is 0 Å². The van der Waals surface area contributed by atoms with Gasteiger partial charge < -0.3 is 5.32 Å². The first-order valence-corrected chi connectivity index (χ1v) is 6.28. The fraction of sp³-hybridized carbons (Fsp3) is 0.500. The van der Waals surface area contributed by atoms with Gasteiger partial charge in [0.1, 0.15) is 5.82 Å². The van der Waals surface area contributed by atoms with E-state index in [9.17, 15) is 4.39 Å². The first kappa shape index (κ1) is 11.4. The molecule has 0 aliphatic carbocycles. The lowest BCUT2D eigenvalue weighted by atomic mass is 10.1. The van der Waals surface area contributed by atoms with Crippen LogP contribution >= 0.6 is 11.6 Å². The minimum absolute atomic E-state index is 0.191. The summed E-state index contributed by atoms with van der Waals surface area (Å²) in [5.74, 6) is -0.331. The number of nitrogens with one attached hydrogen (secondary N) is 2. The highest BCUT2D eigenvalue weighted by Crippen LogP contribution is 2.29. The van der Waals surface area contributed by atoms with Gasteiger partial charge in [0.2, 0.25) is 0 Å². The topological polar surface area (TPSA) is 27.3 Å². The summed E-state index contributed by atoms with van der Waals surface area (Å²) in [6.07, 6.45) is 0.368. The number of hydrogen-bond acceptors (Lipinski definition) is 3. The van der Waals surface area contributed by atoms with E-state index in [1.807, 2.05) is 6.07 Å². The second-order valence-electron chi connectivity index (χ2n) is 4.56. The molecule has 0 saturated carbocycles. The van der Waals surface area contributed by atoms with Crippen molar-refractivity contribution < 1.29 is 4.39 Å². The number of fused-ring (bicyclic) bond motifs is 1. The van der Waals surface area contributed by atoms with Gasteiger partial charge in [-0.3, -0.25) is 10.2 Å². The van der Waals surface area contributed by atoms with E-state index in [-0.39, 0.29) is 16.9 Å². The van der Waals surface area contributed by atoms with Gasteiger partial charge in [-0.15, -0.1) is 0 Å². The van der Waals surface area contributed by atoms with E-state index in [2.05, 4.69) is 15.5 Å². The lowest BCUT2D eigenvalue weighted by molar-refractivity contribution is 0.156. The summed E-state index contributed by atoms with van der Waals surface area (Å²) >= 11 is 5.71. The summed E-state index contributed by atoms with van der Waals surface area (Å²) in [6, 6.07) is 5.37. The number of halogens is 2. The molecule has 3 nitrogen and oxygen atoms in total. The molecule has 2 N–H and O–H groups in total. The quantitative estimate of drug-likeness (QED) is 0.794. The highest BCUT2D eigenvalue weighted by atomic mass is 35.5. The number of hydrogen-bond donors (Lipinski definition) is 2. The number of rotatable bonds is 1. The average Bonchev–Trinajstić information content (AvgIpc) is 2.76. The van der Waals surface area contributed by atoms with Crippen LogP contribution in [0.1, 0.15) is 11.6 Å². The van der Waals surface area contributed by atoms with Crippen LogP contribution in [0.25, 0.3) is 0 Å². The molecule has 5 heteroatoms. The Labute approximate surface area is 105 Å². The molecule has 3 rings (SSSR count). The van der Waals surface area contributed by atoms with E-state index in [1.54, 1.807) is 12.1 Å². The highest BCUT2D eigenvalue weighted by molar-refractivity contribution is 6.30. The Bertz CT molecular complexity index is 426. The maximum Gasteiger partial charge on any atom is 0.142 e. The Morgan fingerprint density at radius 3 is 3.06 bits per heavy atom. The van der Waals surface area contributed by atoms with Crippen LogP contribution in [0.3, 0.4) is 0 Å². The molecule has 0 bridgehead atoms. The summed E-state index contributed by atoms with van der Waals surface area (Å²) in [4.78, 5) is 2.39. The predicted octanol–water partition coefficient (Wildman–Crippen LogP) is 1.35. The minimum Gasteiger partial charge on any atom is -0.313 e. The molecule has 17 heavy (non-hydrogen) atoms. The van der Waals surface area contributed by atoms with E-state index in [0.717, 1.165) is 31.7 Å². The van der Waals surface area contributed by atoms with E-state index in [0.29, 0.717) is 6.17 Å². The van der Waals surface area contributed by atoms with E-state index in [4.69, 9.17) is 11.6 Å². The van der Waals surface area contributed by atoms with E-state index < -0.39 is 0 Å². The minimum atomic E-state index is -0.331. The van der Waals surface area contributed by atoms with Gasteiger partial charge >= 0.3 is 0 Å². The molecule has 2 unspecified atom stereocenters. The Kier molecular flexibility index (Phi) is 3.04. The highest BCUT2D eigenvalue weighted by Gasteiger charge is 2.35. The van der Waals surface area contributed by atoms with Crippen LogP contribution in [0, 0.1) is 5.82 Å². The standard InChI is InChI=1S/C12H15ClFN3/c13-9-2-1-8(5-10(9)14)11-6-16-12-7-15-3-4-17(11)12/h1-2,5,11-12,15-16H,3-4,6-7H2. The normalized spacial score (nSPS) is 29.3. The SMILES string of the molecule is Fc1cc(C2CNC3CNCCN32)ccc1Cl. The predicted molar refractivity (Wildman–Crippen MR) is 65.5 cm³/mol. The maximum atomic E-state index is 13.5. The summed E-state index contributed by atoms with van der Waals surface area (Å²) in [6.45, 7) is 3.80. The Balaban J connectivity index is 1.86. The first-order valence-electron chi connectivity index (χ1n) is 5.90. The van der Waals surface area contributed by atoms with Crippen LogP contribution < -0.4 is 10.6 Å². The third-order valence-electron chi connectivity index (χ3n) is 3.56. The van der Waals surface area contributed by atoms with Crippen LogP contribution in [-0.4, -0.2) is 37.2 Å². The molecule has 1 aromatic rings. The second-order valence-corrected chi connectivity index (χ2v) is 4.96. The number of benzene rings is 1. The smallest absolute Gasteiger partial charge is 0.142 e. The first-order chi connectivity index (χ1) is 8.25. The van der Waals surface area contributed by atoms with Crippen molar-refractivity contribution in [1.29, 1.82) is 0 Å². The lowest BCUT2D eigenvalue weighted by Crippen LogP contribution is -2.52. The molecule has 1 aromatic carbocycles. The summed E-state index contributed by atoms with van der Waals surface area (Å²) in [7, 11) is 0. The van der Waals surface area contributed by atoms with Gasteiger partial charge in [0.25, 0.3) is 0 Å². The van der Waals surface area contributed by atoms with E-state index in [1.165, 1.54) is 0 Å². The number of nitrogens with zero attached hydrogens (tertiary/aromatic N) is 1. The lowest BCUT2D eigenvalue weighted by Gasteiger charge is -2.33. The number of piperazine rings is 1. The van der Waals surface area contributed by atoms with Crippen molar-refractivity contribution in [3.8, 4) is 0 Å². The van der Waals surface area contributed by atoms with Crippen molar-refractivity contribution in [2.45, 2.75) is 12.2 Å². The van der Waals surface area contributed by atoms with Gasteiger partial charge in [0.15, 0.2) is 0 Å². The summed E-state index contributed by atoms with van der Waals surface area (Å²) < 4.78 is 13.5. The molecule has 2 aliphatic rings. The van der Waals surface area contributed by atoms with Gasteiger partial charge in [-0.2, -0.15) is 0 Å². The molecule has 0 spiro atoms. The Morgan fingerprint density at radius 1 is 1.35 bits per heavy atom. The zero-order valence-corrected chi connectivity index (χ0v) is 10.2. The Morgan fingerprint density at radius 2 is 2.24 bits per heavy atom. The van der Waals surface area contributed by atoms with Crippen molar-refractivity contribution in [2.75, 3.05) is 26.2 Å². The monoisotopic (exact) mass is 255 g/mol. The molecule has 92 valence electrons. The molecule has 2 aliphatic heterocycles. The van der Waals surface area contributed by atoms with E-state index >= 15 is 0 Å². The zero-order valence-electron chi connectivity index (χ0n) is 9.42. The average molecular weight is 256 g/mol. The fourth-order valence-electron chi connectivity index (χ4n) is 2.68. The maximum absolute atomic E-state index is 13.5. The van der Waals surface area contributed by atoms with Crippen molar-refractivity contribution in [3.63, 3.8) is 0 Å². The molecule has 2 saturated heterocycles. The van der Waals surface area contributed by atoms with Gasteiger partial charge in [0, 0.05) is 32.2 Å². The van der Waals surface area contributed by atoms with Crippen molar-refractivity contribution in [3.05, 3.63) is 34.6 Å². The van der Waals surface area contributed by atoms with Crippen molar-refractivity contribution >= 4 is 11.6 Å². The van der Waals surface area contributed by atoms with Crippen LogP contribution in [0.15, 0.2) is 18.2 Å². The molecular formula is C12H15ClFN3. The van der Waals surface area contributed by atoms with Gasteiger partial charge in [-0.05, 0) is 17.7 Å². The molecule has 2 heterocycles. The largest absolute Gasteiger partial charge is 0.313 e. The molecule has 0 radical (unpaired) electrons. The third kappa shape index (κ3) is 2.06. The fourth-order valence-corrected chi connectivity index (χ4v) is 2.79. The molecule has 2 fully saturated rings. The van der Waals surface area contributed by atoms with Gasteiger partial charge in [-0.1, -0.05) is 17.7 Å². The van der Waals surface area contributed by atoms with Gasteiger partial charge in [-0.25, -0.2) is 4.39 Å². The molecule has 0 aromatic heterocycles. The van der Waals surface area contributed by atoms with Crippen molar-refractivity contribution in [1.82, 2.24) is 15.5 Å². The second kappa shape index (κ2) is 4.53. The van der Waals surface area contributed by atoms with Gasteiger partial charge in [0.05, 0.1) is 11.2 Å².